The molecule has 0 unspecified atom stereocenters. The first-order chi connectivity index (χ1) is 9.95. The highest BCUT2D eigenvalue weighted by Crippen LogP contribution is 2.20. The summed E-state index contributed by atoms with van der Waals surface area (Å²) in [4.78, 5) is 0.228. The molecule has 7 heteroatoms. The molecule has 0 spiro atoms. The Kier molecular flexibility index (Phi) is 4.64. The van der Waals surface area contributed by atoms with Gasteiger partial charge >= 0.3 is 0 Å². The molecule has 3 N–H and O–H groups in total. The van der Waals surface area contributed by atoms with Crippen LogP contribution in [-0.4, -0.2) is 29.5 Å². The van der Waals surface area contributed by atoms with Crippen LogP contribution in [0.4, 0.5) is 5.69 Å². The molecular formula is C14H20N4O2S. The normalized spacial score (nSPS) is 12.0. The summed E-state index contributed by atoms with van der Waals surface area (Å²) >= 11 is 0. The van der Waals surface area contributed by atoms with Crippen molar-refractivity contribution in [3.05, 3.63) is 41.7 Å². The number of nitrogens with two attached hydrogens (primary N) is 1. The van der Waals surface area contributed by atoms with Crippen molar-refractivity contribution in [1.82, 2.24) is 14.5 Å². The van der Waals surface area contributed by atoms with Crippen LogP contribution in [0.1, 0.15) is 24.6 Å². The molecule has 1 aromatic carbocycles. The van der Waals surface area contributed by atoms with Crippen molar-refractivity contribution < 1.29 is 8.42 Å². The lowest BCUT2D eigenvalue weighted by Crippen LogP contribution is -2.31. The molecule has 0 bridgehead atoms. The van der Waals surface area contributed by atoms with Crippen molar-refractivity contribution in [2.45, 2.75) is 31.7 Å². The van der Waals surface area contributed by atoms with Gasteiger partial charge in [0.25, 0.3) is 0 Å². The molecule has 0 radical (unpaired) electrons. The van der Waals surface area contributed by atoms with Gasteiger partial charge in [0.05, 0.1) is 11.9 Å². The summed E-state index contributed by atoms with van der Waals surface area (Å²) in [6.45, 7) is 4.43. The van der Waals surface area contributed by atoms with Gasteiger partial charge in [-0.1, -0.05) is 19.1 Å². The summed E-state index contributed by atoms with van der Waals surface area (Å²) in [6, 6.07) is 7.23. The number of nitrogen functional groups attached to an aromatic ring is 1. The Labute approximate surface area is 125 Å². The van der Waals surface area contributed by atoms with Gasteiger partial charge in [0, 0.05) is 18.8 Å². The van der Waals surface area contributed by atoms with E-state index in [2.05, 4.69) is 10.2 Å². The van der Waals surface area contributed by atoms with Crippen molar-refractivity contribution in [2.24, 2.45) is 0 Å². The van der Waals surface area contributed by atoms with E-state index >= 15 is 0 Å². The summed E-state index contributed by atoms with van der Waals surface area (Å²) in [5.41, 5.74) is 7.77. The van der Waals surface area contributed by atoms with Crippen molar-refractivity contribution in [3.63, 3.8) is 0 Å². The van der Waals surface area contributed by atoms with Gasteiger partial charge in [-0.25, -0.2) is 8.42 Å². The van der Waals surface area contributed by atoms with Crippen LogP contribution < -0.4 is 5.73 Å². The van der Waals surface area contributed by atoms with Gasteiger partial charge in [-0.2, -0.15) is 9.40 Å². The second kappa shape index (κ2) is 6.28. The van der Waals surface area contributed by atoms with Crippen LogP contribution in [0.25, 0.3) is 0 Å². The number of nitrogens with one attached hydrogen (secondary N) is 1. The smallest absolute Gasteiger partial charge is 0.246 e. The number of sulfonamides is 1. The van der Waals surface area contributed by atoms with Gasteiger partial charge in [0.1, 0.15) is 4.90 Å². The van der Waals surface area contributed by atoms with Crippen molar-refractivity contribution in [2.75, 3.05) is 12.3 Å². The molecule has 0 saturated heterocycles. The summed E-state index contributed by atoms with van der Waals surface area (Å²) in [5.74, 6) is 0. The highest BCUT2D eigenvalue weighted by atomic mass is 32.2. The molecule has 0 aliphatic rings. The van der Waals surface area contributed by atoms with Crippen molar-refractivity contribution in [1.29, 1.82) is 0 Å². The SMILES string of the molecule is CCCN(Cc1ccc(N)cc1)S(=O)(=O)c1cn[nH]c1C. The predicted octanol–water partition coefficient (Wildman–Crippen LogP) is 1.90. The molecule has 114 valence electrons. The third kappa shape index (κ3) is 3.43. The van der Waals surface area contributed by atoms with Crippen LogP contribution in [0.15, 0.2) is 35.4 Å². The van der Waals surface area contributed by atoms with Gasteiger partial charge in [0.15, 0.2) is 0 Å². The number of benzene rings is 1. The fourth-order valence-electron chi connectivity index (χ4n) is 2.10. The molecule has 0 atom stereocenters. The number of hydrogen-bond acceptors (Lipinski definition) is 4. The summed E-state index contributed by atoms with van der Waals surface area (Å²) in [5, 5.41) is 6.47. The monoisotopic (exact) mass is 308 g/mol. The molecule has 6 nitrogen and oxygen atoms in total. The van der Waals surface area contributed by atoms with E-state index in [4.69, 9.17) is 5.73 Å². The zero-order valence-electron chi connectivity index (χ0n) is 12.2. The average Bonchev–Trinajstić information content (AvgIpc) is 2.87. The first-order valence-corrected chi connectivity index (χ1v) is 8.23. The second-order valence-corrected chi connectivity index (χ2v) is 6.85. The van der Waals surface area contributed by atoms with Gasteiger partial charge < -0.3 is 5.73 Å². The number of aromatic nitrogens is 2. The topological polar surface area (TPSA) is 92.1 Å². The molecule has 0 aliphatic carbocycles. The highest BCUT2D eigenvalue weighted by Gasteiger charge is 2.26. The largest absolute Gasteiger partial charge is 0.399 e. The third-order valence-electron chi connectivity index (χ3n) is 3.21. The quantitative estimate of drug-likeness (QED) is 0.797. The van der Waals surface area contributed by atoms with Crippen LogP contribution in [0.5, 0.6) is 0 Å². The first-order valence-electron chi connectivity index (χ1n) is 6.79. The van der Waals surface area contributed by atoms with Gasteiger partial charge in [-0.3, -0.25) is 5.10 Å². The van der Waals surface area contributed by atoms with Crippen LogP contribution in [0.3, 0.4) is 0 Å². The van der Waals surface area contributed by atoms with Crippen LogP contribution >= 0.6 is 0 Å². The molecule has 0 aliphatic heterocycles. The maximum Gasteiger partial charge on any atom is 0.246 e. The molecule has 1 aromatic heterocycles. The predicted molar refractivity (Wildman–Crippen MR) is 82.1 cm³/mol. The molecule has 21 heavy (non-hydrogen) atoms. The van der Waals surface area contributed by atoms with Gasteiger partial charge in [-0.15, -0.1) is 0 Å². The second-order valence-electron chi connectivity index (χ2n) is 4.94. The van der Waals surface area contributed by atoms with E-state index < -0.39 is 10.0 Å². The summed E-state index contributed by atoms with van der Waals surface area (Å²) in [6.07, 6.45) is 2.10. The number of nitrogens with zero attached hydrogens (tertiary/aromatic N) is 2. The van der Waals surface area contributed by atoms with Gasteiger partial charge in [-0.05, 0) is 31.0 Å². The van der Waals surface area contributed by atoms with Gasteiger partial charge in [0.2, 0.25) is 10.0 Å². The lowest BCUT2D eigenvalue weighted by Gasteiger charge is -2.21. The number of hydrogen-bond donors (Lipinski definition) is 2. The molecule has 0 saturated carbocycles. The lowest BCUT2D eigenvalue weighted by molar-refractivity contribution is 0.405. The Morgan fingerprint density at radius 1 is 1.29 bits per heavy atom. The van der Waals surface area contributed by atoms with Crippen molar-refractivity contribution >= 4 is 15.7 Å². The number of aromatic amines is 1. The zero-order valence-corrected chi connectivity index (χ0v) is 13.0. The highest BCUT2D eigenvalue weighted by molar-refractivity contribution is 7.89. The number of rotatable bonds is 6. The average molecular weight is 308 g/mol. The molecule has 1 heterocycles. The number of H-pyrrole nitrogens is 1. The lowest BCUT2D eigenvalue weighted by atomic mass is 10.2. The molecule has 0 fully saturated rings. The summed E-state index contributed by atoms with van der Waals surface area (Å²) < 4.78 is 26.9. The van der Waals surface area contributed by atoms with E-state index in [1.165, 1.54) is 10.5 Å². The molecule has 0 amide bonds. The molecular weight excluding hydrogens is 288 g/mol. The van der Waals surface area contributed by atoms with E-state index in [0.29, 0.717) is 24.5 Å². The van der Waals surface area contributed by atoms with E-state index in [1.54, 1.807) is 19.1 Å². The maximum absolute atomic E-state index is 12.7. The Morgan fingerprint density at radius 3 is 2.48 bits per heavy atom. The summed E-state index contributed by atoms with van der Waals surface area (Å²) in [7, 11) is -3.55. The van der Waals surface area contributed by atoms with Crippen LogP contribution in [0.2, 0.25) is 0 Å². The van der Waals surface area contributed by atoms with E-state index in [-0.39, 0.29) is 4.90 Å². The Hall–Kier alpha value is -1.86. The fraction of sp³-hybridized carbons (Fsp3) is 0.357. The van der Waals surface area contributed by atoms with Crippen molar-refractivity contribution in [3.8, 4) is 0 Å². The number of aryl methyl sites for hydroxylation is 1. The Morgan fingerprint density at radius 2 is 1.95 bits per heavy atom. The van der Waals surface area contributed by atoms with E-state index in [9.17, 15) is 8.42 Å². The third-order valence-corrected chi connectivity index (χ3v) is 5.17. The minimum atomic E-state index is -3.55. The maximum atomic E-state index is 12.7. The number of anilines is 1. The zero-order chi connectivity index (χ0) is 15.5. The fourth-order valence-corrected chi connectivity index (χ4v) is 3.74. The Balaban J connectivity index is 2.30. The van der Waals surface area contributed by atoms with Crippen LogP contribution in [0, 0.1) is 6.92 Å². The standard InChI is InChI=1S/C14H20N4O2S/c1-3-8-18(10-12-4-6-13(15)7-5-12)21(19,20)14-9-16-17-11(14)2/h4-7,9H,3,8,10,15H2,1-2H3,(H,16,17). The van der Waals surface area contributed by atoms with E-state index in [1.807, 2.05) is 19.1 Å². The minimum absolute atomic E-state index is 0.228. The first kappa shape index (κ1) is 15.5. The van der Waals surface area contributed by atoms with Crippen LogP contribution in [-0.2, 0) is 16.6 Å². The Bertz CT molecular complexity index is 692. The molecule has 2 aromatic rings. The van der Waals surface area contributed by atoms with E-state index in [0.717, 1.165) is 12.0 Å². The minimum Gasteiger partial charge on any atom is -0.399 e. The molecule has 2 rings (SSSR count).